The van der Waals surface area contributed by atoms with Crippen LogP contribution in [0.1, 0.15) is 35.7 Å². The van der Waals surface area contributed by atoms with Gasteiger partial charge < -0.3 is 14.6 Å². The van der Waals surface area contributed by atoms with E-state index in [4.69, 9.17) is 9.26 Å². The minimum atomic E-state index is -0.204. The number of rotatable bonds is 5. The highest BCUT2D eigenvalue weighted by Crippen LogP contribution is 2.19. The Morgan fingerprint density at radius 3 is 2.60 bits per heavy atom. The zero-order valence-corrected chi connectivity index (χ0v) is 11.9. The van der Waals surface area contributed by atoms with Crippen LogP contribution >= 0.6 is 0 Å². The van der Waals surface area contributed by atoms with Gasteiger partial charge in [0.05, 0.1) is 12.3 Å². The first-order valence-corrected chi connectivity index (χ1v) is 6.65. The minimum absolute atomic E-state index is 0.204. The zero-order valence-electron chi connectivity index (χ0n) is 11.9. The fourth-order valence-corrected chi connectivity index (χ4v) is 1.94. The molecule has 0 aliphatic rings. The van der Waals surface area contributed by atoms with Crippen LogP contribution in [-0.2, 0) is 6.42 Å². The summed E-state index contributed by atoms with van der Waals surface area (Å²) in [7, 11) is 0. The van der Waals surface area contributed by atoms with E-state index in [0.29, 0.717) is 35.7 Å². The Balaban J connectivity index is 2.13. The third-order valence-electron chi connectivity index (χ3n) is 2.90. The molecule has 1 N–H and O–H groups in total. The summed E-state index contributed by atoms with van der Waals surface area (Å²) >= 11 is 0. The second-order valence-corrected chi connectivity index (χ2v) is 4.33. The first-order valence-electron chi connectivity index (χ1n) is 6.65. The Morgan fingerprint density at radius 2 is 2.00 bits per heavy atom. The zero-order chi connectivity index (χ0) is 14.5. The van der Waals surface area contributed by atoms with Crippen molar-refractivity contribution in [3.63, 3.8) is 0 Å². The average molecular weight is 274 g/mol. The second kappa shape index (κ2) is 6.23. The van der Waals surface area contributed by atoms with Crippen molar-refractivity contribution in [3.05, 3.63) is 41.3 Å². The molecule has 1 aromatic carbocycles. The van der Waals surface area contributed by atoms with Crippen molar-refractivity contribution >= 4 is 11.6 Å². The number of ether oxygens (including phenoxy) is 1. The van der Waals surface area contributed by atoms with Gasteiger partial charge in [0.25, 0.3) is 5.91 Å². The Morgan fingerprint density at radius 1 is 1.30 bits per heavy atom. The van der Waals surface area contributed by atoms with E-state index in [-0.39, 0.29) is 5.91 Å². The smallest absolute Gasteiger partial charge is 0.261 e. The molecule has 2 rings (SSSR count). The summed E-state index contributed by atoms with van der Waals surface area (Å²) in [5, 5.41) is 6.67. The number of hydrogen-bond acceptors (Lipinski definition) is 4. The number of benzene rings is 1. The number of aromatic nitrogens is 1. The van der Waals surface area contributed by atoms with Crippen LogP contribution in [0, 0.1) is 6.92 Å². The highest BCUT2D eigenvalue weighted by molar-refractivity contribution is 6.05. The molecular formula is C15H18N2O3. The molecule has 0 spiro atoms. The lowest BCUT2D eigenvalue weighted by molar-refractivity contribution is 0.102. The molecule has 0 fully saturated rings. The van der Waals surface area contributed by atoms with Crippen molar-refractivity contribution < 1.29 is 14.1 Å². The molecule has 0 radical (unpaired) electrons. The molecule has 5 heteroatoms. The number of nitrogens with zero attached hydrogens (tertiary/aromatic N) is 1. The first-order chi connectivity index (χ1) is 9.65. The molecule has 0 saturated heterocycles. The summed E-state index contributed by atoms with van der Waals surface area (Å²) < 4.78 is 10.5. The average Bonchev–Trinajstić information content (AvgIpc) is 2.82. The summed E-state index contributed by atoms with van der Waals surface area (Å²) in [5.41, 5.74) is 1.83. The van der Waals surface area contributed by atoms with Gasteiger partial charge in [-0.25, -0.2) is 0 Å². The van der Waals surface area contributed by atoms with E-state index in [2.05, 4.69) is 10.5 Å². The number of aryl methyl sites for hydroxylation is 2. The van der Waals surface area contributed by atoms with Gasteiger partial charge in [-0.1, -0.05) is 12.1 Å². The lowest BCUT2D eigenvalue weighted by atomic mass is 10.1. The van der Waals surface area contributed by atoms with Gasteiger partial charge in [0.1, 0.15) is 17.1 Å². The van der Waals surface area contributed by atoms with Crippen LogP contribution in [0.5, 0.6) is 5.75 Å². The van der Waals surface area contributed by atoms with Crippen molar-refractivity contribution in [2.75, 3.05) is 11.9 Å². The van der Waals surface area contributed by atoms with Gasteiger partial charge in [-0.15, -0.1) is 0 Å². The summed E-state index contributed by atoms with van der Waals surface area (Å²) in [4.78, 5) is 12.2. The molecular weight excluding hydrogens is 256 g/mol. The topological polar surface area (TPSA) is 64.4 Å². The molecule has 0 saturated carbocycles. The predicted molar refractivity (Wildman–Crippen MR) is 76.2 cm³/mol. The lowest BCUT2D eigenvalue weighted by Gasteiger charge is -2.07. The maximum absolute atomic E-state index is 12.2. The Hall–Kier alpha value is -2.30. The molecule has 106 valence electrons. The monoisotopic (exact) mass is 274 g/mol. The van der Waals surface area contributed by atoms with Gasteiger partial charge in [0.2, 0.25) is 0 Å². The van der Waals surface area contributed by atoms with Crippen LogP contribution in [0.4, 0.5) is 5.69 Å². The molecule has 1 heterocycles. The van der Waals surface area contributed by atoms with Gasteiger partial charge in [0, 0.05) is 12.1 Å². The number of nitrogens with one attached hydrogen (secondary N) is 1. The largest absolute Gasteiger partial charge is 0.494 e. The van der Waals surface area contributed by atoms with Crippen molar-refractivity contribution in [2.45, 2.75) is 27.2 Å². The van der Waals surface area contributed by atoms with E-state index < -0.39 is 0 Å². The molecule has 0 atom stereocenters. The van der Waals surface area contributed by atoms with E-state index in [1.165, 1.54) is 0 Å². The third kappa shape index (κ3) is 2.99. The standard InChI is InChI=1S/C15H18N2O3/c1-4-13-14(10(3)17-20-13)15(18)16-11-6-8-12(9-7-11)19-5-2/h6-9H,4-5H2,1-3H3,(H,16,18). The van der Waals surface area contributed by atoms with Gasteiger partial charge >= 0.3 is 0 Å². The van der Waals surface area contributed by atoms with Crippen molar-refractivity contribution in [1.29, 1.82) is 0 Å². The number of amides is 1. The SMILES string of the molecule is CCOc1ccc(NC(=O)c2c(C)noc2CC)cc1. The quantitative estimate of drug-likeness (QED) is 0.909. The van der Waals surface area contributed by atoms with Crippen LogP contribution in [0.15, 0.2) is 28.8 Å². The number of carbonyl (C=O) groups excluding carboxylic acids is 1. The maximum Gasteiger partial charge on any atom is 0.261 e. The fraction of sp³-hybridized carbons (Fsp3) is 0.333. The summed E-state index contributed by atoms with van der Waals surface area (Å²) in [6.07, 6.45) is 0.632. The van der Waals surface area contributed by atoms with Crippen molar-refractivity contribution in [2.24, 2.45) is 0 Å². The maximum atomic E-state index is 12.2. The fourth-order valence-electron chi connectivity index (χ4n) is 1.94. The molecule has 2 aromatic rings. The van der Waals surface area contributed by atoms with E-state index >= 15 is 0 Å². The predicted octanol–water partition coefficient (Wildman–Crippen LogP) is 3.20. The Labute approximate surface area is 117 Å². The number of hydrogen-bond donors (Lipinski definition) is 1. The molecule has 0 aliphatic heterocycles. The molecule has 5 nitrogen and oxygen atoms in total. The van der Waals surface area contributed by atoms with Crippen LogP contribution in [0.2, 0.25) is 0 Å². The highest BCUT2D eigenvalue weighted by atomic mass is 16.5. The van der Waals surface area contributed by atoms with Crippen LogP contribution < -0.4 is 10.1 Å². The van der Waals surface area contributed by atoms with E-state index in [9.17, 15) is 4.79 Å². The normalized spacial score (nSPS) is 10.3. The molecule has 20 heavy (non-hydrogen) atoms. The Kier molecular flexibility index (Phi) is 4.40. The van der Waals surface area contributed by atoms with Gasteiger partial charge in [-0.2, -0.15) is 0 Å². The summed E-state index contributed by atoms with van der Waals surface area (Å²) in [6, 6.07) is 7.25. The van der Waals surface area contributed by atoms with E-state index in [0.717, 1.165) is 5.75 Å². The van der Waals surface area contributed by atoms with Crippen molar-refractivity contribution in [1.82, 2.24) is 5.16 Å². The first kappa shape index (κ1) is 14.1. The number of anilines is 1. The van der Waals surface area contributed by atoms with Gasteiger partial charge in [-0.3, -0.25) is 4.79 Å². The highest BCUT2D eigenvalue weighted by Gasteiger charge is 2.19. The second-order valence-electron chi connectivity index (χ2n) is 4.33. The minimum Gasteiger partial charge on any atom is -0.494 e. The molecule has 0 unspecified atom stereocenters. The summed E-state index contributed by atoms with van der Waals surface area (Å²) in [6.45, 7) is 6.23. The third-order valence-corrected chi connectivity index (χ3v) is 2.90. The molecule has 0 bridgehead atoms. The summed E-state index contributed by atoms with van der Waals surface area (Å²) in [5.74, 6) is 1.18. The van der Waals surface area contributed by atoms with Crippen molar-refractivity contribution in [3.8, 4) is 5.75 Å². The number of carbonyl (C=O) groups is 1. The Bertz CT molecular complexity index is 588. The molecule has 1 aromatic heterocycles. The van der Waals surface area contributed by atoms with Gasteiger partial charge in [-0.05, 0) is 38.1 Å². The van der Waals surface area contributed by atoms with E-state index in [1.54, 1.807) is 19.1 Å². The van der Waals surface area contributed by atoms with Gasteiger partial charge in [0.15, 0.2) is 0 Å². The van der Waals surface area contributed by atoms with E-state index in [1.807, 2.05) is 26.0 Å². The molecule has 1 amide bonds. The molecule has 0 aliphatic carbocycles. The van der Waals surface area contributed by atoms with Crippen LogP contribution in [0.3, 0.4) is 0 Å². The lowest BCUT2D eigenvalue weighted by Crippen LogP contribution is -2.14. The van der Waals surface area contributed by atoms with Crippen LogP contribution in [0.25, 0.3) is 0 Å². The van der Waals surface area contributed by atoms with Crippen LogP contribution in [-0.4, -0.2) is 17.7 Å².